The lowest BCUT2D eigenvalue weighted by Gasteiger charge is -2.23. The molecule has 0 aliphatic carbocycles. The SMILES string of the molecule is CC1CCCN1c1cccc(Nc2cc(-c3cccc(C#N)c3)nn3ccnc23)n1.CC1CCCN1c1cccc(Nc2cc(Cl)nn3ccnc23)n1. The minimum absolute atomic E-state index is 0.405. The molecule has 8 heterocycles. The highest BCUT2D eigenvalue weighted by Gasteiger charge is 2.23. The smallest absolute Gasteiger partial charge is 0.177 e. The van der Waals surface area contributed by atoms with Gasteiger partial charge in [0, 0.05) is 61.6 Å². The van der Waals surface area contributed by atoms with Crippen LogP contribution in [0.25, 0.3) is 22.6 Å². The number of nitriles is 1. The van der Waals surface area contributed by atoms with Crippen molar-refractivity contribution in [2.75, 3.05) is 33.5 Å². The van der Waals surface area contributed by atoms with Crippen molar-refractivity contribution in [3.8, 4) is 17.3 Å². The lowest BCUT2D eigenvalue weighted by molar-refractivity contribution is 0.727. The summed E-state index contributed by atoms with van der Waals surface area (Å²) < 4.78 is 3.39. The second-order valence-electron chi connectivity index (χ2n) is 13.3. The molecule has 2 saturated heterocycles. The Hall–Kier alpha value is -6.26. The molecule has 2 atom stereocenters. The summed E-state index contributed by atoms with van der Waals surface area (Å²) in [5.74, 6) is 3.52. The molecule has 0 radical (unpaired) electrons. The Bertz CT molecular complexity index is 2430. The molecule has 0 bridgehead atoms. The lowest BCUT2D eigenvalue weighted by atomic mass is 10.1. The van der Waals surface area contributed by atoms with Crippen LogP contribution < -0.4 is 20.4 Å². The first kappa shape index (κ1) is 33.9. The number of hydrogen-bond donors (Lipinski definition) is 2. The van der Waals surface area contributed by atoms with E-state index < -0.39 is 0 Å². The van der Waals surface area contributed by atoms with Gasteiger partial charge in [-0.15, -0.1) is 0 Å². The molecular weight excluding hydrogens is 686 g/mol. The molecule has 14 heteroatoms. The Morgan fingerprint density at radius 2 is 1.28 bits per heavy atom. The molecule has 2 unspecified atom stereocenters. The summed E-state index contributed by atoms with van der Waals surface area (Å²) in [5.41, 5.74) is 5.27. The number of imidazole rings is 2. The Morgan fingerprint density at radius 3 is 1.85 bits per heavy atom. The van der Waals surface area contributed by atoms with Crippen LogP contribution in [0.5, 0.6) is 0 Å². The van der Waals surface area contributed by atoms with Crippen LogP contribution in [0.4, 0.5) is 34.6 Å². The van der Waals surface area contributed by atoms with E-state index in [1.807, 2.05) is 54.7 Å². The van der Waals surface area contributed by atoms with E-state index in [-0.39, 0.29) is 0 Å². The van der Waals surface area contributed by atoms with Gasteiger partial charge in [0.05, 0.1) is 28.7 Å². The first-order valence-electron chi connectivity index (χ1n) is 17.8. The fourth-order valence-corrected chi connectivity index (χ4v) is 7.20. The zero-order valence-electron chi connectivity index (χ0n) is 29.4. The topological polar surface area (TPSA) is 140 Å². The van der Waals surface area contributed by atoms with Gasteiger partial charge in [0.15, 0.2) is 16.4 Å². The highest BCUT2D eigenvalue weighted by molar-refractivity contribution is 6.29. The third kappa shape index (κ3) is 7.27. The predicted molar refractivity (Wildman–Crippen MR) is 208 cm³/mol. The molecule has 2 aliphatic rings. The Labute approximate surface area is 311 Å². The molecule has 0 amide bonds. The van der Waals surface area contributed by atoms with Gasteiger partial charge in [-0.1, -0.05) is 35.9 Å². The van der Waals surface area contributed by atoms with E-state index in [0.29, 0.717) is 22.8 Å². The van der Waals surface area contributed by atoms with E-state index in [1.165, 1.54) is 25.7 Å². The highest BCUT2D eigenvalue weighted by Crippen LogP contribution is 2.30. The van der Waals surface area contributed by atoms with Gasteiger partial charge in [0.1, 0.15) is 23.3 Å². The van der Waals surface area contributed by atoms with Gasteiger partial charge in [0.2, 0.25) is 0 Å². The summed E-state index contributed by atoms with van der Waals surface area (Å²) in [4.78, 5) is 23.0. The molecular formula is C39H38ClN13. The number of fused-ring (bicyclic) bond motifs is 2. The second-order valence-corrected chi connectivity index (χ2v) is 13.7. The van der Waals surface area contributed by atoms with E-state index in [9.17, 15) is 5.26 Å². The van der Waals surface area contributed by atoms with Gasteiger partial charge >= 0.3 is 0 Å². The summed E-state index contributed by atoms with van der Waals surface area (Å²) in [5, 5.41) is 25.2. The fourth-order valence-electron chi connectivity index (χ4n) is 7.00. The van der Waals surface area contributed by atoms with Crippen molar-refractivity contribution in [2.45, 2.75) is 51.6 Å². The zero-order chi connectivity index (χ0) is 36.3. The van der Waals surface area contributed by atoms with Crippen molar-refractivity contribution in [1.29, 1.82) is 5.26 Å². The maximum Gasteiger partial charge on any atom is 0.177 e. The normalized spacial score (nSPS) is 16.8. The van der Waals surface area contributed by atoms with Gasteiger partial charge in [-0.2, -0.15) is 15.5 Å². The third-order valence-electron chi connectivity index (χ3n) is 9.66. The standard InChI is InChI=1S/C23H21N7.C16H17ClN6/c1-16-5-4-11-29(16)22-9-3-8-21(27-22)26-20-14-19(28-30-12-10-25-23(20)30)18-7-2-6-17(13-18)15-24;1-11-4-3-8-22(11)15-6-2-5-14(20-15)19-12-10-13(17)21-23-9-7-18-16(12)23/h2-3,6-10,12-14,16H,4-5,11H2,1H3,(H,26,27);2,5-7,9-11H,3-4,8H2,1H3,(H,19,20). The van der Waals surface area contributed by atoms with E-state index in [0.717, 1.165) is 70.3 Å². The molecule has 1 aromatic carbocycles. The highest BCUT2D eigenvalue weighted by atomic mass is 35.5. The average molecular weight is 724 g/mol. The third-order valence-corrected chi connectivity index (χ3v) is 9.85. The number of anilines is 6. The fraction of sp³-hybridized carbons (Fsp3) is 0.256. The van der Waals surface area contributed by atoms with E-state index >= 15 is 0 Å². The van der Waals surface area contributed by atoms with Gasteiger partial charge < -0.3 is 20.4 Å². The molecule has 53 heavy (non-hydrogen) atoms. The molecule has 0 saturated carbocycles. The van der Waals surface area contributed by atoms with Crippen molar-refractivity contribution in [1.82, 2.24) is 39.2 Å². The van der Waals surface area contributed by atoms with Gasteiger partial charge in [-0.05, 0) is 82.0 Å². The number of halogens is 1. The maximum absolute atomic E-state index is 9.22. The summed E-state index contributed by atoms with van der Waals surface area (Å²) >= 11 is 6.07. The molecule has 13 nitrogen and oxygen atoms in total. The molecule has 9 rings (SSSR count). The van der Waals surface area contributed by atoms with Gasteiger partial charge in [-0.3, -0.25) is 0 Å². The molecule has 0 spiro atoms. The number of hydrogen-bond acceptors (Lipinski definition) is 11. The molecule has 2 aliphatic heterocycles. The largest absolute Gasteiger partial charge is 0.354 e. The van der Waals surface area contributed by atoms with Crippen LogP contribution in [0, 0.1) is 11.3 Å². The molecule has 7 aromatic rings. The van der Waals surface area contributed by atoms with Crippen molar-refractivity contribution < 1.29 is 0 Å². The average Bonchev–Trinajstić information content (AvgIpc) is 4.00. The van der Waals surface area contributed by atoms with Crippen LogP contribution in [0.1, 0.15) is 45.1 Å². The molecule has 266 valence electrons. The maximum atomic E-state index is 9.22. The van der Waals surface area contributed by atoms with E-state index in [1.54, 1.807) is 39.8 Å². The minimum Gasteiger partial charge on any atom is -0.354 e. The van der Waals surface area contributed by atoms with Crippen molar-refractivity contribution >= 4 is 57.5 Å². The summed E-state index contributed by atoms with van der Waals surface area (Å²) in [7, 11) is 0. The van der Waals surface area contributed by atoms with Crippen LogP contribution in [0.2, 0.25) is 5.15 Å². The summed E-state index contributed by atoms with van der Waals surface area (Å²) in [6, 6.07) is 26.4. The predicted octanol–water partition coefficient (Wildman–Crippen LogP) is 7.91. The number of aromatic nitrogens is 8. The minimum atomic E-state index is 0.405. The number of nitrogens with one attached hydrogen (secondary N) is 2. The van der Waals surface area contributed by atoms with Crippen LogP contribution in [0.3, 0.4) is 0 Å². The number of pyridine rings is 2. The summed E-state index contributed by atoms with van der Waals surface area (Å²) in [6.07, 6.45) is 11.8. The van der Waals surface area contributed by atoms with Crippen molar-refractivity contribution in [3.63, 3.8) is 0 Å². The van der Waals surface area contributed by atoms with Crippen molar-refractivity contribution in [3.05, 3.63) is 108 Å². The molecule has 2 fully saturated rings. The number of benzene rings is 1. The molecule has 6 aromatic heterocycles. The quantitative estimate of drug-likeness (QED) is 0.166. The van der Waals surface area contributed by atoms with E-state index in [4.69, 9.17) is 21.6 Å². The first-order chi connectivity index (χ1) is 25.9. The monoisotopic (exact) mass is 723 g/mol. The second kappa shape index (κ2) is 14.8. The van der Waals surface area contributed by atoms with E-state index in [2.05, 4.69) is 72.6 Å². The van der Waals surface area contributed by atoms with Crippen molar-refractivity contribution in [2.24, 2.45) is 0 Å². The summed E-state index contributed by atoms with van der Waals surface area (Å²) in [6.45, 7) is 6.58. The Morgan fingerprint density at radius 1 is 0.717 bits per heavy atom. The number of rotatable bonds is 7. The Kier molecular flexibility index (Phi) is 9.43. The van der Waals surface area contributed by atoms with Gasteiger partial charge in [0.25, 0.3) is 0 Å². The van der Waals surface area contributed by atoms with Crippen LogP contribution in [-0.4, -0.2) is 64.3 Å². The molecule has 2 N–H and O–H groups in total. The zero-order valence-corrected chi connectivity index (χ0v) is 30.2. The lowest BCUT2D eigenvalue weighted by Crippen LogP contribution is -2.27. The number of nitrogens with zero attached hydrogens (tertiary/aromatic N) is 11. The van der Waals surface area contributed by atoms with Gasteiger partial charge in [-0.25, -0.2) is 29.0 Å². The van der Waals surface area contributed by atoms with Crippen LogP contribution >= 0.6 is 11.6 Å². The van der Waals surface area contributed by atoms with Crippen LogP contribution in [0.15, 0.2) is 97.6 Å². The Balaban J connectivity index is 0.000000156. The first-order valence-corrected chi connectivity index (χ1v) is 18.2. The van der Waals surface area contributed by atoms with Crippen LogP contribution in [-0.2, 0) is 0 Å².